The molecule has 1 aliphatic carbocycles. The van der Waals surface area contributed by atoms with Crippen LogP contribution in [0.1, 0.15) is 54.3 Å². The van der Waals surface area contributed by atoms with Crippen LogP contribution in [0.4, 0.5) is 0 Å². The van der Waals surface area contributed by atoms with Crippen LogP contribution >= 0.6 is 0 Å². The van der Waals surface area contributed by atoms with Crippen LogP contribution in [0.2, 0.25) is 0 Å². The molecule has 0 atom stereocenters. The Hall–Kier alpha value is -3.16. The smallest absolute Gasteiger partial charge is 0.276 e. The van der Waals surface area contributed by atoms with E-state index in [4.69, 9.17) is 9.26 Å². The molecule has 146 valence electrons. The Kier molecular flexibility index (Phi) is 4.85. The van der Waals surface area contributed by atoms with Gasteiger partial charge in [0.2, 0.25) is 5.89 Å². The SMILES string of the molecule is COc1cn(-c2ccccc2)nc1C(=O)NC1(c2noc(C)n2)CCCCC1. The van der Waals surface area contributed by atoms with E-state index in [1.165, 1.54) is 7.11 Å². The molecule has 0 aliphatic heterocycles. The van der Waals surface area contributed by atoms with E-state index in [-0.39, 0.29) is 11.6 Å². The van der Waals surface area contributed by atoms with Crippen LogP contribution in [0.3, 0.4) is 0 Å². The zero-order chi connectivity index (χ0) is 19.6. The summed E-state index contributed by atoms with van der Waals surface area (Å²) in [5.74, 6) is 1.12. The zero-order valence-electron chi connectivity index (χ0n) is 16.0. The largest absolute Gasteiger partial charge is 0.493 e. The summed E-state index contributed by atoms with van der Waals surface area (Å²) in [6.45, 7) is 1.75. The summed E-state index contributed by atoms with van der Waals surface area (Å²) < 4.78 is 12.2. The molecule has 0 unspecified atom stereocenters. The summed E-state index contributed by atoms with van der Waals surface area (Å²) in [5.41, 5.74) is 0.437. The van der Waals surface area contributed by atoms with Crippen LogP contribution < -0.4 is 10.1 Å². The molecule has 1 fully saturated rings. The van der Waals surface area contributed by atoms with Crippen LogP contribution in [-0.2, 0) is 5.54 Å². The summed E-state index contributed by atoms with van der Waals surface area (Å²) in [6, 6.07) is 9.59. The number of hydrogen-bond donors (Lipinski definition) is 1. The molecule has 1 saturated carbocycles. The first-order valence-electron chi connectivity index (χ1n) is 9.44. The monoisotopic (exact) mass is 381 g/mol. The molecule has 3 aromatic rings. The van der Waals surface area contributed by atoms with Crippen molar-refractivity contribution in [3.05, 3.63) is 53.9 Å². The lowest BCUT2D eigenvalue weighted by molar-refractivity contribution is 0.0846. The number of para-hydroxylation sites is 1. The number of carbonyl (C=O) groups excluding carboxylic acids is 1. The number of benzene rings is 1. The van der Waals surface area contributed by atoms with Crippen molar-refractivity contribution in [2.24, 2.45) is 0 Å². The fraction of sp³-hybridized carbons (Fsp3) is 0.400. The maximum atomic E-state index is 13.2. The molecule has 28 heavy (non-hydrogen) atoms. The number of aromatic nitrogens is 4. The highest BCUT2D eigenvalue weighted by Crippen LogP contribution is 2.36. The Morgan fingerprint density at radius 2 is 1.96 bits per heavy atom. The minimum Gasteiger partial charge on any atom is -0.493 e. The minimum absolute atomic E-state index is 0.233. The predicted molar refractivity (Wildman–Crippen MR) is 101 cm³/mol. The van der Waals surface area contributed by atoms with Crippen molar-refractivity contribution < 1.29 is 14.1 Å². The number of hydrogen-bond acceptors (Lipinski definition) is 6. The molecule has 1 N–H and O–H groups in total. The van der Waals surface area contributed by atoms with Gasteiger partial charge in [-0.25, -0.2) is 4.68 Å². The van der Waals surface area contributed by atoms with Crippen molar-refractivity contribution in [2.75, 3.05) is 7.11 Å². The second-order valence-corrected chi connectivity index (χ2v) is 7.06. The molecule has 1 aliphatic rings. The molecular formula is C20H23N5O3. The van der Waals surface area contributed by atoms with Crippen molar-refractivity contribution >= 4 is 5.91 Å². The van der Waals surface area contributed by atoms with E-state index in [9.17, 15) is 4.79 Å². The van der Waals surface area contributed by atoms with Gasteiger partial charge >= 0.3 is 0 Å². The average molecular weight is 381 g/mol. The number of carbonyl (C=O) groups is 1. The number of nitrogens with one attached hydrogen (secondary N) is 1. The first-order chi connectivity index (χ1) is 13.6. The first kappa shape index (κ1) is 18.2. The van der Waals surface area contributed by atoms with Crippen molar-refractivity contribution in [1.82, 2.24) is 25.2 Å². The first-order valence-corrected chi connectivity index (χ1v) is 9.44. The Morgan fingerprint density at radius 3 is 2.61 bits per heavy atom. The lowest BCUT2D eigenvalue weighted by Gasteiger charge is -2.35. The third-order valence-corrected chi connectivity index (χ3v) is 5.15. The van der Waals surface area contributed by atoms with Crippen LogP contribution in [0.5, 0.6) is 5.75 Å². The Bertz CT molecular complexity index is 957. The van der Waals surface area contributed by atoms with E-state index in [0.29, 0.717) is 17.5 Å². The summed E-state index contributed by atoms with van der Waals surface area (Å²) in [4.78, 5) is 17.6. The third-order valence-electron chi connectivity index (χ3n) is 5.15. The molecular weight excluding hydrogens is 358 g/mol. The molecule has 0 spiro atoms. The van der Waals surface area contributed by atoms with E-state index in [1.54, 1.807) is 17.8 Å². The highest BCUT2D eigenvalue weighted by molar-refractivity contribution is 5.95. The predicted octanol–water partition coefficient (Wildman–Crippen LogP) is 3.16. The maximum Gasteiger partial charge on any atom is 0.276 e. The van der Waals surface area contributed by atoms with Crippen LogP contribution in [-0.4, -0.2) is 32.9 Å². The van der Waals surface area contributed by atoms with Crippen LogP contribution in [0.15, 0.2) is 41.1 Å². The highest BCUT2D eigenvalue weighted by Gasteiger charge is 2.40. The molecule has 8 heteroatoms. The van der Waals surface area contributed by atoms with Gasteiger partial charge in [-0.2, -0.15) is 10.1 Å². The van der Waals surface area contributed by atoms with E-state index < -0.39 is 5.54 Å². The summed E-state index contributed by atoms with van der Waals surface area (Å²) >= 11 is 0. The second kappa shape index (κ2) is 7.46. The van der Waals surface area contributed by atoms with Gasteiger partial charge in [0.25, 0.3) is 5.91 Å². The van der Waals surface area contributed by atoms with E-state index in [2.05, 4.69) is 20.6 Å². The van der Waals surface area contributed by atoms with Gasteiger partial charge in [-0.1, -0.05) is 42.6 Å². The minimum atomic E-state index is -0.644. The molecule has 0 saturated heterocycles. The number of rotatable bonds is 5. The van der Waals surface area contributed by atoms with Gasteiger partial charge in [0, 0.05) is 6.92 Å². The maximum absolute atomic E-state index is 13.2. The highest BCUT2D eigenvalue weighted by atomic mass is 16.5. The van der Waals surface area contributed by atoms with Gasteiger partial charge in [0.15, 0.2) is 17.3 Å². The molecule has 2 heterocycles. The fourth-order valence-corrected chi connectivity index (χ4v) is 3.71. The number of ether oxygens (including phenoxy) is 1. The van der Waals surface area contributed by atoms with Gasteiger partial charge in [0.1, 0.15) is 5.54 Å². The standard InChI is InChI=1S/C20H23N5O3/c1-14-21-19(24-28-14)20(11-7-4-8-12-20)22-18(26)17-16(27-2)13-25(23-17)15-9-5-3-6-10-15/h3,5-6,9-10,13H,4,7-8,11-12H2,1-2H3,(H,22,26). The van der Waals surface area contributed by atoms with Crippen LogP contribution in [0.25, 0.3) is 5.69 Å². The number of nitrogens with zero attached hydrogens (tertiary/aromatic N) is 4. The Morgan fingerprint density at radius 1 is 1.21 bits per heavy atom. The summed E-state index contributed by atoms with van der Waals surface area (Å²) in [6.07, 6.45) is 6.34. The topological polar surface area (TPSA) is 95.1 Å². The average Bonchev–Trinajstić information content (AvgIpc) is 3.36. The summed E-state index contributed by atoms with van der Waals surface area (Å²) in [5, 5.41) is 11.7. The number of aryl methyl sites for hydroxylation is 1. The molecule has 1 amide bonds. The lowest BCUT2D eigenvalue weighted by atomic mass is 9.81. The van der Waals surface area contributed by atoms with Crippen molar-refractivity contribution in [2.45, 2.75) is 44.6 Å². The zero-order valence-corrected chi connectivity index (χ0v) is 16.0. The van der Waals surface area contributed by atoms with Gasteiger partial charge in [-0.15, -0.1) is 0 Å². The molecule has 2 aromatic heterocycles. The van der Waals surface area contributed by atoms with Gasteiger partial charge in [0.05, 0.1) is 19.0 Å². The molecule has 8 nitrogen and oxygen atoms in total. The van der Waals surface area contributed by atoms with Crippen molar-refractivity contribution in [1.29, 1.82) is 0 Å². The van der Waals surface area contributed by atoms with E-state index >= 15 is 0 Å². The van der Waals surface area contributed by atoms with Crippen molar-refractivity contribution in [3.8, 4) is 11.4 Å². The van der Waals surface area contributed by atoms with Gasteiger partial charge in [-0.05, 0) is 25.0 Å². The lowest BCUT2D eigenvalue weighted by Crippen LogP contribution is -2.48. The number of methoxy groups -OCH3 is 1. The normalized spacial score (nSPS) is 15.9. The van der Waals surface area contributed by atoms with Crippen LogP contribution in [0, 0.1) is 6.92 Å². The number of amides is 1. The second-order valence-electron chi connectivity index (χ2n) is 7.06. The van der Waals surface area contributed by atoms with E-state index in [0.717, 1.165) is 37.8 Å². The molecule has 0 bridgehead atoms. The quantitative estimate of drug-likeness (QED) is 0.729. The van der Waals surface area contributed by atoms with Gasteiger partial charge < -0.3 is 14.6 Å². The third kappa shape index (κ3) is 3.37. The van der Waals surface area contributed by atoms with Gasteiger partial charge in [-0.3, -0.25) is 4.79 Å². The van der Waals surface area contributed by atoms with Crippen molar-refractivity contribution in [3.63, 3.8) is 0 Å². The Balaban J connectivity index is 1.66. The molecule has 4 rings (SSSR count). The summed E-state index contributed by atoms with van der Waals surface area (Å²) in [7, 11) is 1.53. The molecule has 0 radical (unpaired) electrons. The Labute approximate surface area is 162 Å². The van der Waals surface area contributed by atoms with E-state index in [1.807, 2.05) is 30.3 Å². The fourth-order valence-electron chi connectivity index (χ4n) is 3.71. The molecule has 1 aromatic carbocycles.